The fourth-order valence-electron chi connectivity index (χ4n) is 2.32. The number of hydrogen-bond acceptors (Lipinski definition) is 5. The first-order valence-electron chi connectivity index (χ1n) is 6.55. The molecule has 0 spiro atoms. The van der Waals surface area contributed by atoms with Crippen LogP contribution in [0.2, 0.25) is 0 Å². The van der Waals surface area contributed by atoms with Crippen LogP contribution in [0.25, 0.3) is 11.5 Å². The average Bonchev–Trinajstić information content (AvgIpc) is 3.08. The molecular formula is C14H16N2O2S. The number of aromatic nitrogens is 2. The molecule has 2 aromatic rings. The zero-order chi connectivity index (χ0) is 13.1. The van der Waals surface area contributed by atoms with Gasteiger partial charge >= 0.3 is 0 Å². The zero-order valence-electron chi connectivity index (χ0n) is 10.6. The van der Waals surface area contributed by atoms with Gasteiger partial charge in [0.1, 0.15) is 5.75 Å². The summed E-state index contributed by atoms with van der Waals surface area (Å²) in [6, 6.07) is 6.86. The van der Waals surface area contributed by atoms with E-state index in [0.717, 1.165) is 22.4 Å². The average molecular weight is 276 g/mol. The predicted molar refractivity (Wildman–Crippen MR) is 74.9 cm³/mol. The summed E-state index contributed by atoms with van der Waals surface area (Å²) in [6.07, 6.45) is 5.31. The van der Waals surface area contributed by atoms with Crippen molar-refractivity contribution in [1.29, 1.82) is 0 Å². The van der Waals surface area contributed by atoms with Gasteiger partial charge in [-0.3, -0.25) is 0 Å². The van der Waals surface area contributed by atoms with Gasteiger partial charge in [0.05, 0.1) is 5.75 Å². The molecule has 5 heteroatoms. The molecule has 0 amide bonds. The summed E-state index contributed by atoms with van der Waals surface area (Å²) in [5.74, 6) is 2.21. The quantitative estimate of drug-likeness (QED) is 0.924. The SMILES string of the molecule is Oc1cccc(-c2nc(CSC3CCCC3)no2)c1. The smallest absolute Gasteiger partial charge is 0.258 e. The number of rotatable bonds is 4. The van der Waals surface area contributed by atoms with Crippen LogP contribution in [0.4, 0.5) is 0 Å². The van der Waals surface area contributed by atoms with Gasteiger partial charge in [0.2, 0.25) is 0 Å². The van der Waals surface area contributed by atoms with E-state index in [0.29, 0.717) is 5.89 Å². The van der Waals surface area contributed by atoms with Crippen molar-refractivity contribution in [1.82, 2.24) is 10.1 Å². The van der Waals surface area contributed by atoms with Gasteiger partial charge < -0.3 is 9.63 Å². The van der Waals surface area contributed by atoms with Gasteiger partial charge in [0, 0.05) is 10.8 Å². The van der Waals surface area contributed by atoms with Gasteiger partial charge in [0.25, 0.3) is 5.89 Å². The van der Waals surface area contributed by atoms with Crippen molar-refractivity contribution < 1.29 is 9.63 Å². The highest BCUT2D eigenvalue weighted by atomic mass is 32.2. The van der Waals surface area contributed by atoms with Crippen molar-refractivity contribution in [3.05, 3.63) is 30.1 Å². The number of benzene rings is 1. The molecule has 1 aromatic heterocycles. The number of hydrogen-bond donors (Lipinski definition) is 1. The Morgan fingerprint density at radius 1 is 1.32 bits per heavy atom. The second-order valence-electron chi connectivity index (χ2n) is 4.78. The second kappa shape index (κ2) is 5.65. The van der Waals surface area contributed by atoms with Crippen LogP contribution in [0.15, 0.2) is 28.8 Å². The molecule has 1 heterocycles. The molecule has 1 saturated carbocycles. The lowest BCUT2D eigenvalue weighted by Gasteiger charge is -2.04. The van der Waals surface area contributed by atoms with E-state index < -0.39 is 0 Å². The summed E-state index contributed by atoms with van der Waals surface area (Å²) in [5.41, 5.74) is 0.754. The highest BCUT2D eigenvalue weighted by Crippen LogP contribution is 2.31. The van der Waals surface area contributed by atoms with Gasteiger partial charge in [-0.25, -0.2) is 0 Å². The summed E-state index contributed by atoms with van der Waals surface area (Å²) < 4.78 is 5.24. The van der Waals surface area contributed by atoms with Crippen LogP contribution in [0, 0.1) is 0 Å². The number of nitrogens with zero attached hydrogens (tertiary/aromatic N) is 2. The normalized spacial score (nSPS) is 16.0. The number of phenols is 1. The van der Waals surface area contributed by atoms with Crippen molar-refractivity contribution in [2.75, 3.05) is 0 Å². The molecule has 0 atom stereocenters. The summed E-state index contributed by atoms with van der Waals surface area (Å²) >= 11 is 1.91. The fraction of sp³-hybridized carbons (Fsp3) is 0.429. The van der Waals surface area contributed by atoms with Crippen molar-refractivity contribution in [3.63, 3.8) is 0 Å². The monoisotopic (exact) mass is 276 g/mol. The highest BCUT2D eigenvalue weighted by Gasteiger charge is 2.17. The largest absolute Gasteiger partial charge is 0.508 e. The first kappa shape index (κ1) is 12.5. The zero-order valence-corrected chi connectivity index (χ0v) is 11.4. The van der Waals surface area contributed by atoms with Crippen LogP contribution in [0.1, 0.15) is 31.5 Å². The summed E-state index contributed by atoms with van der Waals surface area (Å²) in [5, 5.41) is 14.2. The van der Waals surface area contributed by atoms with E-state index in [4.69, 9.17) is 4.52 Å². The lowest BCUT2D eigenvalue weighted by molar-refractivity contribution is 0.424. The van der Waals surface area contributed by atoms with Crippen molar-refractivity contribution in [2.45, 2.75) is 36.7 Å². The summed E-state index contributed by atoms with van der Waals surface area (Å²) in [6.45, 7) is 0. The van der Waals surface area contributed by atoms with Crippen LogP contribution in [0.5, 0.6) is 5.75 Å². The standard InChI is InChI=1S/C14H16N2O2S/c17-11-5-3-4-10(8-11)14-15-13(16-18-14)9-19-12-6-1-2-7-12/h3-5,8,12,17H,1-2,6-7,9H2. The molecule has 1 aliphatic carbocycles. The lowest BCUT2D eigenvalue weighted by Crippen LogP contribution is -1.95. The molecule has 1 aliphatic rings. The fourth-order valence-corrected chi connectivity index (χ4v) is 3.48. The Bertz CT molecular complexity index is 550. The maximum absolute atomic E-state index is 9.43. The van der Waals surface area contributed by atoms with Crippen molar-refractivity contribution in [2.24, 2.45) is 0 Å². The molecular weight excluding hydrogens is 260 g/mol. The minimum absolute atomic E-state index is 0.206. The lowest BCUT2D eigenvalue weighted by atomic mass is 10.2. The van der Waals surface area contributed by atoms with Gasteiger partial charge in [-0.15, -0.1) is 0 Å². The molecule has 1 fully saturated rings. The maximum atomic E-state index is 9.43. The van der Waals surface area contributed by atoms with E-state index in [-0.39, 0.29) is 5.75 Å². The molecule has 3 rings (SSSR count). The summed E-state index contributed by atoms with van der Waals surface area (Å²) in [7, 11) is 0. The van der Waals surface area contributed by atoms with Gasteiger partial charge in [0.15, 0.2) is 5.82 Å². The molecule has 0 aliphatic heterocycles. The Kier molecular flexibility index (Phi) is 3.73. The summed E-state index contributed by atoms with van der Waals surface area (Å²) in [4.78, 5) is 4.37. The third-order valence-corrected chi connectivity index (χ3v) is 4.68. The third-order valence-electron chi connectivity index (χ3n) is 3.31. The van der Waals surface area contributed by atoms with E-state index in [1.54, 1.807) is 18.2 Å². The number of thioether (sulfide) groups is 1. The van der Waals surface area contributed by atoms with Crippen LogP contribution in [-0.4, -0.2) is 20.5 Å². The number of aromatic hydroxyl groups is 1. The minimum Gasteiger partial charge on any atom is -0.508 e. The van der Waals surface area contributed by atoms with Gasteiger partial charge in [-0.2, -0.15) is 16.7 Å². The Balaban J connectivity index is 1.65. The second-order valence-corrected chi connectivity index (χ2v) is 6.07. The molecule has 0 bridgehead atoms. The first-order chi connectivity index (χ1) is 9.31. The van der Waals surface area contributed by atoms with Crippen LogP contribution < -0.4 is 0 Å². The van der Waals surface area contributed by atoms with E-state index in [9.17, 15) is 5.11 Å². The van der Waals surface area contributed by atoms with Crippen LogP contribution in [-0.2, 0) is 5.75 Å². The Morgan fingerprint density at radius 3 is 2.95 bits per heavy atom. The topological polar surface area (TPSA) is 59.2 Å². The molecule has 1 aromatic carbocycles. The molecule has 0 unspecified atom stereocenters. The molecule has 1 N–H and O–H groups in total. The van der Waals surface area contributed by atoms with Gasteiger partial charge in [-0.1, -0.05) is 24.1 Å². The van der Waals surface area contributed by atoms with E-state index in [1.165, 1.54) is 25.7 Å². The predicted octanol–water partition coefficient (Wildman–Crippen LogP) is 3.62. The Labute approximate surface area is 116 Å². The molecule has 19 heavy (non-hydrogen) atoms. The van der Waals surface area contributed by atoms with Crippen molar-refractivity contribution in [3.8, 4) is 17.2 Å². The van der Waals surface area contributed by atoms with Gasteiger partial charge in [-0.05, 0) is 31.0 Å². The van der Waals surface area contributed by atoms with Crippen LogP contribution >= 0.6 is 11.8 Å². The molecule has 0 radical (unpaired) electrons. The maximum Gasteiger partial charge on any atom is 0.258 e. The van der Waals surface area contributed by atoms with Crippen LogP contribution in [0.3, 0.4) is 0 Å². The van der Waals surface area contributed by atoms with Crippen molar-refractivity contribution >= 4 is 11.8 Å². The first-order valence-corrected chi connectivity index (χ1v) is 7.60. The van der Waals surface area contributed by atoms with E-state index in [2.05, 4.69) is 10.1 Å². The minimum atomic E-state index is 0.206. The molecule has 0 saturated heterocycles. The Hall–Kier alpha value is -1.49. The Morgan fingerprint density at radius 2 is 2.16 bits per heavy atom. The molecule has 100 valence electrons. The third kappa shape index (κ3) is 3.10. The van der Waals surface area contributed by atoms with E-state index in [1.807, 2.05) is 17.8 Å². The highest BCUT2D eigenvalue weighted by molar-refractivity contribution is 7.99. The molecule has 4 nitrogen and oxygen atoms in total. The van der Waals surface area contributed by atoms with E-state index >= 15 is 0 Å². The number of phenolic OH excluding ortho intramolecular Hbond substituents is 1.